The maximum Gasteiger partial charge on any atom is 0.306 e. The molecule has 0 aromatic heterocycles. The van der Waals surface area contributed by atoms with Gasteiger partial charge in [0.2, 0.25) is 0 Å². The van der Waals surface area contributed by atoms with Gasteiger partial charge in [-0.25, -0.2) is 0 Å². The Morgan fingerprint density at radius 2 is 0.524 bits per heavy atom. The number of carbonyl (C=O) groups is 3. The minimum Gasteiger partial charge on any atom is -0.462 e. The maximum absolute atomic E-state index is 12.8. The van der Waals surface area contributed by atoms with Crippen LogP contribution in [0.1, 0.15) is 290 Å². The molecule has 0 unspecified atom stereocenters. The average Bonchev–Trinajstić information content (AvgIpc) is 3.28. The van der Waals surface area contributed by atoms with Crippen molar-refractivity contribution in [2.75, 3.05) is 13.2 Å². The summed E-state index contributed by atoms with van der Waals surface area (Å²) in [6, 6.07) is 0. The smallest absolute Gasteiger partial charge is 0.306 e. The van der Waals surface area contributed by atoms with Gasteiger partial charge in [-0.3, -0.25) is 14.4 Å². The number of ether oxygens (including phenoxy) is 3. The van der Waals surface area contributed by atoms with Crippen LogP contribution >= 0.6 is 0 Å². The highest BCUT2D eigenvalue weighted by Gasteiger charge is 2.19. The number of unbranched alkanes of at least 4 members (excludes halogenated alkanes) is 33. The van der Waals surface area contributed by atoms with E-state index in [2.05, 4.69) is 57.2 Å². The van der Waals surface area contributed by atoms with Gasteiger partial charge in [0.1, 0.15) is 13.2 Å². The van der Waals surface area contributed by atoms with Crippen molar-refractivity contribution >= 4 is 17.9 Å². The molecule has 0 saturated heterocycles. The molecule has 63 heavy (non-hydrogen) atoms. The lowest BCUT2D eigenvalue weighted by atomic mass is 10.1. The van der Waals surface area contributed by atoms with Crippen molar-refractivity contribution < 1.29 is 28.6 Å². The predicted octanol–water partition coefficient (Wildman–Crippen LogP) is 18.1. The molecule has 0 bridgehead atoms. The van der Waals surface area contributed by atoms with Gasteiger partial charge < -0.3 is 14.2 Å². The van der Waals surface area contributed by atoms with Gasteiger partial charge in [0.25, 0.3) is 0 Å². The monoisotopic (exact) mass is 888 g/mol. The molecule has 368 valence electrons. The van der Waals surface area contributed by atoms with E-state index < -0.39 is 6.10 Å². The molecule has 6 heteroatoms. The number of allylic oxidation sites excluding steroid dienone is 6. The van der Waals surface area contributed by atoms with Crippen LogP contribution in [0.4, 0.5) is 0 Å². The molecule has 0 aromatic carbocycles. The van der Waals surface area contributed by atoms with E-state index in [0.29, 0.717) is 19.3 Å². The Labute approximate surface area is 391 Å². The normalized spacial score (nSPS) is 11.8. The molecule has 0 heterocycles. The topological polar surface area (TPSA) is 78.9 Å². The molecule has 0 aliphatic carbocycles. The predicted molar refractivity (Wildman–Crippen MR) is 270 cm³/mol. The third kappa shape index (κ3) is 50.5. The van der Waals surface area contributed by atoms with Crippen LogP contribution in [-0.2, 0) is 28.6 Å². The second-order valence-electron chi connectivity index (χ2n) is 18.5. The lowest BCUT2D eigenvalue weighted by molar-refractivity contribution is -0.167. The van der Waals surface area contributed by atoms with Crippen LogP contribution in [0.2, 0.25) is 0 Å². The van der Waals surface area contributed by atoms with Crippen molar-refractivity contribution in [3.63, 3.8) is 0 Å². The summed E-state index contributed by atoms with van der Waals surface area (Å²) in [6.45, 7) is 6.63. The second kappa shape index (κ2) is 52.3. The Morgan fingerprint density at radius 3 is 0.794 bits per heavy atom. The van der Waals surface area contributed by atoms with Gasteiger partial charge in [-0.1, -0.05) is 211 Å². The van der Waals surface area contributed by atoms with Crippen molar-refractivity contribution in [1.82, 2.24) is 0 Å². The number of esters is 3. The third-order valence-electron chi connectivity index (χ3n) is 12.1. The molecule has 0 spiro atoms. The van der Waals surface area contributed by atoms with Crippen LogP contribution in [0, 0.1) is 0 Å². The van der Waals surface area contributed by atoms with Gasteiger partial charge in [-0.15, -0.1) is 0 Å². The van der Waals surface area contributed by atoms with E-state index in [1.165, 1.54) is 173 Å². The highest BCUT2D eigenvalue weighted by Crippen LogP contribution is 2.15. The van der Waals surface area contributed by atoms with Gasteiger partial charge in [-0.05, 0) is 96.3 Å². The van der Waals surface area contributed by atoms with Crippen LogP contribution in [0.5, 0.6) is 0 Å². The highest BCUT2D eigenvalue weighted by molar-refractivity contribution is 5.71. The number of rotatable bonds is 50. The average molecular weight is 888 g/mol. The summed E-state index contributed by atoms with van der Waals surface area (Å²) in [4.78, 5) is 38.0. The Bertz CT molecular complexity index is 1010. The maximum atomic E-state index is 12.8. The zero-order chi connectivity index (χ0) is 45.8. The molecule has 0 saturated carbocycles. The van der Waals surface area contributed by atoms with Gasteiger partial charge in [0.15, 0.2) is 6.10 Å². The molecular formula is C57H104O6. The lowest BCUT2D eigenvalue weighted by Crippen LogP contribution is -2.30. The fourth-order valence-electron chi connectivity index (χ4n) is 7.90. The molecule has 0 fully saturated rings. The molecule has 0 aromatic rings. The Hall–Kier alpha value is -2.37. The van der Waals surface area contributed by atoms with Crippen LogP contribution in [0.15, 0.2) is 36.5 Å². The van der Waals surface area contributed by atoms with E-state index in [1.807, 2.05) is 0 Å². The Balaban J connectivity index is 4.39. The Morgan fingerprint density at radius 1 is 0.302 bits per heavy atom. The highest BCUT2D eigenvalue weighted by atomic mass is 16.7. The van der Waals surface area contributed by atoms with Crippen molar-refractivity contribution in [2.24, 2.45) is 0 Å². The summed E-state index contributed by atoms with van der Waals surface area (Å²) in [6.07, 6.45) is 61.2. The van der Waals surface area contributed by atoms with E-state index in [9.17, 15) is 14.4 Å². The van der Waals surface area contributed by atoms with Crippen molar-refractivity contribution in [3.8, 4) is 0 Å². The SMILES string of the molecule is CCCCCCCC/C=C\CCCCCCCC(=O)O[13CH2][13CH]([13CH2]OC(=O)CCCCCCC/C=C\CCCCCCCC)OC(=O)CCCCCCC/C=C\CCCCCCCC. The first kappa shape index (κ1) is 60.6. The summed E-state index contributed by atoms with van der Waals surface area (Å²) in [5.74, 6) is -0.893. The molecule has 0 aliphatic rings. The van der Waals surface area contributed by atoms with Gasteiger partial charge in [0.05, 0.1) is 0 Å². The van der Waals surface area contributed by atoms with E-state index in [1.54, 1.807) is 0 Å². The number of hydrogen-bond acceptors (Lipinski definition) is 6. The first-order valence-corrected chi connectivity index (χ1v) is 27.5. The van der Waals surface area contributed by atoms with Crippen LogP contribution in [0.3, 0.4) is 0 Å². The molecule has 0 amide bonds. The zero-order valence-electron chi connectivity index (χ0n) is 42.1. The van der Waals surface area contributed by atoms with Gasteiger partial charge >= 0.3 is 17.9 Å². The minimum atomic E-state index is -0.781. The molecule has 0 atom stereocenters. The van der Waals surface area contributed by atoms with E-state index in [4.69, 9.17) is 14.2 Å². The fraction of sp³-hybridized carbons (Fsp3) is 0.842. The molecule has 6 nitrogen and oxygen atoms in total. The van der Waals surface area contributed by atoms with E-state index in [0.717, 1.165) is 77.0 Å². The first-order valence-electron chi connectivity index (χ1n) is 27.5. The molecule has 0 rings (SSSR count). The molecular weight excluding hydrogens is 784 g/mol. The van der Waals surface area contributed by atoms with Crippen LogP contribution in [0.25, 0.3) is 0 Å². The molecule has 0 N–H and O–H groups in total. The zero-order valence-corrected chi connectivity index (χ0v) is 42.1. The van der Waals surface area contributed by atoms with E-state index in [-0.39, 0.29) is 31.1 Å². The quantitative estimate of drug-likeness (QED) is 0.0199. The minimum absolute atomic E-state index is 0.0806. The van der Waals surface area contributed by atoms with Crippen LogP contribution < -0.4 is 0 Å². The summed E-state index contributed by atoms with van der Waals surface area (Å²) < 4.78 is 16.8. The number of carbonyl (C=O) groups excluding carboxylic acids is 3. The lowest BCUT2D eigenvalue weighted by Gasteiger charge is -2.18. The third-order valence-corrected chi connectivity index (χ3v) is 12.1. The fourth-order valence-corrected chi connectivity index (χ4v) is 7.90. The van der Waals surface area contributed by atoms with Crippen molar-refractivity contribution in [1.29, 1.82) is 0 Å². The summed E-state index contributed by atoms with van der Waals surface area (Å²) in [5, 5.41) is 0. The molecule has 0 aliphatic heterocycles. The summed E-state index contributed by atoms with van der Waals surface area (Å²) >= 11 is 0. The van der Waals surface area contributed by atoms with Gasteiger partial charge in [0, 0.05) is 19.3 Å². The second-order valence-corrected chi connectivity index (χ2v) is 18.5. The Kier molecular flexibility index (Phi) is 50.3. The van der Waals surface area contributed by atoms with Crippen LogP contribution in [-0.4, -0.2) is 37.2 Å². The summed E-state index contributed by atoms with van der Waals surface area (Å²) in [7, 11) is 0. The van der Waals surface area contributed by atoms with Gasteiger partial charge in [-0.2, -0.15) is 0 Å². The summed E-state index contributed by atoms with van der Waals surface area (Å²) in [5.41, 5.74) is 0. The number of hydrogen-bond donors (Lipinski definition) is 0. The standard InChI is InChI=1S/C57H104O6/c1-4-7-10-13-16-19-22-25-28-31-34-37-40-43-46-49-55(58)61-52-54(63-57(60)51-48-45-42-39-36-33-30-27-24-21-18-15-12-9-6-3)53-62-56(59)50-47-44-41-38-35-32-29-26-23-20-17-14-11-8-5-2/h25-30,54H,4-24,31-53H2,1-3H3/b28-25-,29-26-,30-27-/i52+1,53+1,54+1. The van der Waals surface area contributed by atoms with Crippen molar-refractivity contribution in [2.45, 2.75) is 297 Å². The first-order chi connectivity index (χ1) is 31.0. The van der Waals surface area contributed by atoms with E-state index >= 15 is 0 Å². The molecule has 0 radical (unpaired) electrons. The largest absolute Gasteiger partial charge is 0.462 e. The van der Waals surface area contributed by atoms with Crippen molar-refractivity contribution in [3.05, 3.63) is 36.5 Å².